The highest BCUT2D eigenvalue weighted by molar-refractivity contribution is 5.71. The Morgan fingerprint density at radius 2 is 0.942 bits per heavy atom. The van der Waals surface area contributed by atoms with Gasteiger partial charge in [-0.3, -0.25) is 14.4 Å². The molecule has 0 unspecified atom stereocenters. The van der Waals surface area contributed by atoms with E-state index in [1.165, 1.54) is 78.4 Å². The average Bonchev–Trinajstić information content (AvgIpc) is 3.06. The van der Waals surface area contributed by atoms with Gasteiger partial charge in [0.15, 0.2) is 0 Å². The summed E-state index contributed by atoms with van der Waals surface area (Å²) in [6.07, 6.45) is 39.0. The first-order chi connectivity index (χ1) is 24.8. The van der Waals surface area contributed by atoms with Crippen molar-refractivity contribution < 1.29 is 28.6 Å². The van der Waals surface area contributed by atoms with E-state index >= 15 is 0 Å². The van der Waals surface area contributed by atoms with E-state index in [2.05, 4.69) is 80.5 Å². The second kappa shape index (κ2) is 31.8. The fraction of sp³-hybridized carbons (Fsp3) is 0.756. The van der Waals surface area contributed by atoms with Gasteiger partial charge in [0, 0.05) is 6.54 Å². The molecule has 0 aromatic heterocycles. The summed E-state index contributed by atoms with van der Waals surface area (Å²) in [6, 6.07) is 0. The Morgan fingerprint density at radius 3 is 1.37 bits per heavy atom. The predicted octanol–water partition coefficient (Wildman–Crippen LogP) is 11.7. The Balaban J connectivity index is 4.53. The van der Waals surface area contributed by atoms with Crippen molar-refractivity contribution in [2.24, 2.45) is 10.8 Å². The molecule has 0 fully saturated rings. The number of nitrogens with zero attached hydrogens (tertiary/aromatic N) is 1. The van der Waals surface area contributed by atoms with Crippen LogP contribution in [0.3, 0.4) is 0 Å². The zero-order chi connectivity index (χ0) is 38.9. The van der Waals surface area contributed by atoms with Crippen molar-refractivity contribution in [3.8, 4) is 0 Å². The molecule has 0 N–H and O–H groups in total. The molecule has 0 aromatic rings. The maximum Gasteiger partial charge on any atom is 0.309 e. The van der Waals surface area contributed by atoms with Crippen LogP contribution in [0.15, 0.2) is 48.6 Å². The number of rotatable bonds is 33. The van der Waals surface area contributed by atoms with E-state index in [1.54, 1.807) is 0 Å². The zero-order valence-electron chi connectivity index (χ0n) is 34.9. The summed E-state index contributed by atoms with van der Waals surface area (Å²) in [4.78, 5) is 37.7. The molecular formula is C45H79NO6. The standard InChI is InChI=1S/C45H79NO6/c1-44(2,38-45(3,4)39-46(5)6)37-43(49)52-40(33-29-25-21-17-13-9-11-15-19-23-27-31-35-41(47)50-7)34-30-26-22-18-14-10-12-16-20-24-28-32-36-42(48)51-8/h15-16,19-20,27-28,31-32,40H,9-14,17-18,21-26,29-30,33-39H2,1-8H3/b19-15-,20-16-,31-27-,32-28-. The van der Waals surface area contributed by atoms with E-state index in [9.17, 15) is 14.4 Å². The summed E-state index contributed by atoms with van der Waals surface area (Å²) in [6.45, 7) is 10.0. The summed E-state index contributed by atoms with van der Waals surface area (Å²) < 4.78 is 15.5. The van der Waals surface area contributed by atoms with Crippen LogP contribution in [0.25, 0.3) is 0 Å². The number of allylic oxidation sites excluding steroid dienone is 6. The Bertz CT molecular complexity index is 982. The highest BCUT2D eigenvalue weighted by atomic mass is 16.5. The predicted molar refractivity (Wildman–Crippen MR) is 218 cm³/mol. The summed E-state index contributed by atoms with van der Waals surface area (Å²) in [5.74, 6) is -0.438. The number of ether oxygens (including phenoxy) is 3. The van der Waals surface area contributed by atoms with Gasteiger partial charge in [-0.2, -0.15) is 0 Å². The fourth-order valence-corrected chi connectivity index (χ4v) is 7.14. The van der Waals surface area contributed by atoms with E-state index in [1.807, 2.05) is 24.3 Å². The lowest BCUT2D eigenvalue weighted by molar-refractivity contribution is -0.152. The SMILES string of the molecule is COC(=O)C/C=C\C/C=C\CCCCCCCCC(CCCCCCCC/C=C\C/C=C\CC(=O)OC)OC(=O)CC(C)(C)CC(C)(C)CN(C)C. The minimum atomic E-state index is -0.203. The number of carbonyl (C=O) groups excluding carboxylic acids is 3. The van der Waals surface area contributed by atoms with Crippen LogP contribution in [0, 0.1) is 10.8 Å². The number of hydrogen-bond acceptors (Lipinski definition) is 7. The molecule has 0 radical (unpaired) electrons. The summed E-state index contributed by atoms with van der Waals surface area (Å²) in [5, 5.41) is 0. The first-order valence-electron chi connectivity index (χ1n) is 20.4. The Morgan fingerprint density at radius 1 is 0.538 bits per heavy atom. The second-order valence-corrected chi connectivity index (χ2v) is 16.3. The summed E-state index contributed by atoms with van der Waals surface area (Å²) in [5.41, 5.74) is 0.0292. The average molecular weight is 730 g/mol. The van der Waals surface area contributed by atoms with Gasteiger partial charge in [-0.25, -0.2) is 0 Å². The van der Waals surface area contributed by atoms with Gasteiger partial charge >= 0.3 is 17.9 Å². The maximum absolute atomic E-state index is 13.2. The fourth-order valence-electron chi connectivity index (χ4n) is 7.14. The summed E-state index contributed by atoms with van der Waals surface area (Å²) >= 11 is 0. The van der Waals surface area contributed by atoms with Gasteiger partial charge in [-0.15, -0.1) is 0 Å². The van der Waals surface area contributed by atoms with Crippen molar-refractivity contribution in [3.05, 3.63) is 48.6 Å². The van der Waals surface area contributed by atoms with E-state index in [4.69, 9.17) is 4.74 Å². The highest BCUT2D eigenvalue weighted by Gasteiger charge is 2.32. The molecule has 0 spiro atoms. The molecule has 0 aliphatic carbocycles. The quantitative estimate of drug-likeness (QED) is 0.0288. The van der Waals surface area contributed by atoms with Gasteiger partial charge in [0.1, 0.15) is 6.10 Å². The third-order valence-electron chi connectivity index (χ3n) is 9.15. The molecule has 0 rings (SSSR count). The van der Waals surface area contributed by atoms with E-state index < -0.39 is 0 Å². The van der Waals surface area contributed by atoms with Crippen molar-refractivity contribution in [2.45, 2.75) is 175 Å². The van der Waals surface area contributed by atoms with Gasteiger partial charge in [0.05, 0.1) is 33.5 Å². The van der Waals surface area contributed by atoms with Crippen LogP contribution in [0.1, 0.15) is 169 Å². The topological polar surface area (TPSA) is 82.1 Å². The normalized spacial score (nSPS) is 12.7. The van der Waals surface area contributed by atoms with Crippen LogP contribution in [-0.4, -0.2) is 63.8 Å². The molecule has 0 saturated heterocycles. The molecular weight excluding hydrogens is 650 g/mol. The first kappa shape index (κ1) is 49.3. The molecule has 0 atom stereocenters. The lowest BCUT2D eigenvalue weighted by Gasteiger charge is -2.36. The number of unbranched alkanes of at least 4 members (excludes halogenated alkanes) is 12. The first-order valence-corrected chi connectivity index (χ1v) is 20.4. The number of hydrogen-bond donors (Lipinski definition) is 0. The van der Waals surface area contributed by atoms with Crippen molar-refractivity contribution in [1.29, 1.82) is 0 Å². The van der Waals surface area contributed by atoms with Crippen molar-refractivity contribution >= 4 is 17.9 Å². The third-order valence-corrected chi connectivity index (χ3v) is 9.15. The lowest BCUT2D eigenvalue weighted by atomic mass is 9.73. The Hall–Kier alpha value is -2.67. The molecule has 52 heavy (non-hydrogen) atoms. The van der Waals surface area contributed by atoms with Gasteiger partial charge in [0.25, 0.3) is 0 Å². The third kappa shape index (κ3) is 33.2. The van der Waals surface area contributed by atoms with Crippen LogP contribution in [-0.2, 0) is 28.6 Å². The summed E-state index contributed by atoms with van der Waals surface area (Å²) in [7, 11) is 7.05. The smallest absolute Gasteiger partial charge is 0.309 e. The molecule has 0 amide bonds. The van der Waals surface area contributed by atoms with E-state index in [0.29, 0.717) is 19.3 Å². The van der Waals surface area contributed by atoms with Crippen LogP contribution < -0.4 is 0 Å². The molecule has 0 bridgehead atoms. The number of esters is 3. The molecule has 0 aliphatic rings. The van der Waals surface area contributed by atoms with Gasteiger partial charge in [-0.05, 0) is 95.6 Å². The Labute approximate surface area is 320 Å². The lowest BCUT2D eigenvalue weighted by Crippen LogP contribution is -2.34. The maximum atomic E-state index is 13.2. The largest absolute Gasteiger partial charge is 0.469 e. The van der Waals surface area contributed by atoms with Gasteiger partial charge in [-0.1, -0.05) is 128 Å². The van der Waals surface area contributed by atoms with Crippen LogP contribution >= 0.6 is 0 Å². The highest BCUT2D eigenvalue weighted by Crippen LogP contribution is 2.37. The molecule has 7 nitrogen and oxygen atoms in total. The molecule has 7 heteroatoms. The Kier molecular flexibility index (Phi) is 30.2. The molecule has 0 heterocycles. The minimum absolute atomic E-state index is 0.0247. The molecule has 300 valence electrons. The number of carbonyl (C=O) groups is 3. The van der Waals surface area contributed by atoms with Crippen LogP contribution in [0.4, 0.5) is 0 Å². The minimum Gasteiger partial charge on any atom is -0.469 e. The molecule has 0 saturated carbocycles. The zero-order valence-corrected chi connectivity index (χ0v) is 34.9. The molecule has 0 aromatic carbocycles. The van der Waals surface area contributed by atoms with Crippen molar-refractivity contribution in [1.82, 2.24) is 4.90 Å². The second-order valence-electron chi connectivity index (χ2n) is 16.3. The van der Waals surface area contributed by atoms with Gasteiger partial charge < -0.3 is 19.1 Å². The van der Waals surface area contributed by atoms with Crippen LogP contribution in [0.2, 0.25) is 0 Å². The van der Waals surface area contributed by atoms with Crippen LogP contribution in [0.5, 0.6) is 0 Å². The van der Waals surface area contributed by atoms with E-state index in [0.717, 1.165) is 64.3 Å². The monoisotopic (exact) mass is 730 g/mol. The van der Waals surface area contributed by atoms with Crippen molar-refractivity contribution in [2.75, 3.05) is 34.9 Å². The molecule has 0 aliphatic heterocycles. The van der Waals surface area contributed by atoms with Crippen molar-refractivity contribution in [3.63, 3.8) is 0 Å². The van der Waals surface area contributed by atoms with E-state index in [-0.39, 0.29) is 34.8 Å². The van der Waals surface area contributed by atoms with Gasteiger partial charge in [0.2, 0.25) is 0 Å². The number of methoxy groups -OCH3 is 2.